The van der Waals surface area contributed by atoms with E-state index in [1.807, 2.05) is 0 Å². The van der Waals surface area contributed by atoms with E-state index in [0.717, 1.165) is 28.2 Å². The van der Waals surface area contributed by atoms with Crippen LogP contribution in [0.1, 0.15) is 20.9 Å². The van der Waals surface area contributed by atoms with Crippen LogP contribution in [0, 0.1) is 13.8 Å². The quantitative estimate of drug-likeness (QED) is 0.212. The molecule has 0 saturated heterocycles. The zero-order chi connectivity index (χ0) is 25.4. The Balaban J connectivity index is 1.95. The maximum Gasteiger partial charge on any atom is 0.342 e. The van der Waals surface area contributed by atoms with Crippen molar-refractivity contribution in [3.05, 3.63) is 93.7 Å². The molecule has 0 aliphatic carbocycles. The Morgan fingerprint density at radius 1 is 0.714 bits per heavy atom. The Hall–Kier alpha value is -2.84. The highest BCUT2D eigenvalue weighted by Crippen LogP contribution is 2.52. The highest BCUT2D eigenvalue weighted by atomic mass is 32.1. The highest BCUT2D eigenvalue weighted by Gasteiger charge is 2.60. The molecule has 0 spiro atoms. The summed E-state index contributed by atoms with van der Waals surface area (Å²) in [5, 5.41) is 0. The SMILES string of the molecule is Cc1sc(-c2ccccc2)cc1C(F)=C(c1cc(-c2ccccc2)sc1C)C(F)(F)C(F)(F)CF. The van der Waals surface area contributed by atoms with Gasteiger partial charge in [-0.05, 0) is 37.1 Å². The molecule has 182 valence electrons. The highest BCUT2D eigenvalue weighted by molar-refractivity contribution is 7.16. The predicted octanol–water partition coefficient (Wildman–Crippen LogP) is 9.84. The van der Waals surface area contributed by atoms with Gasteiger partial charge in [-0.1, -0.05) is 60.7 Å². The molecule has 0 atom stereocenters. The number of allylic oxidation sites excluding steroid dienone is 1. The van der Waals surface area contributed by atoms with E-state index in [-0.39, 0.29) is 16.0 Å². The largest absolute Gasteiger partial charge is 0.342 e. The van der Waals surface area contributed by atoms with Crippen molar-refractivity contribution in [1.82, 2.24) is 0 Å². The van der Waals surface area contributed by atoms with Crippen molar-refractivity contribution < 1.29 is 26.3 Å². The van der Waals surface area contributed by atoms with Crippen LogP contribution >= 0.6 is 22.7 Å². The number of hydrogen-bond acceptors (Lipinski definition) is 2. The topological polar surface area (TPSA) is 0 Å². The average Bonchev–Trinajstić information content (AvgIpc) is 3.43. The zero-order valence-electron chi connectivity index (χ0n) is 18.7. The van der Waals surface area contributed by atoms with Crippen molar-refractivity contribution >= 4 is 34.1 Å². The van der Waals surface area contributed by atoms with Gasteiger partial charge in [0.25, 0.3) is 0 Å². The van der Waals surface area contributed by atoms with Crippen LogP contribution in [-0.4, -0.2) is 18.5 Å². The lowest BCUT2D eigenvalue weighted by Gasteiger charge is -2.27. The molecule has 0 saturated carbocycles. The lowest BCUT2D eigenvalue weighted by molar-refractivity contribution is -0.180. The zero-order valence-corrected chi connectivity index (χ0v) is 20.4. The van der Waals surface area contributed by atoms with Gasteiger partial charge in [-0.2, -0.15) is 17.6 Å². The van der Waals surface area contributed by atoms with Crippen molar-refractivity contribution in [2.75, 3.05) is 6.67 Å². The molecular formula is C27H20F6S2. The number of benzene rings is 2. The molecule has 0 unspecified atom stereocenters. The van der Waals surface area contributed by atoms with E-state index in [1.54, 1.807) is 60.7 Å². The molecule has 0 aliphatic heterocycles. The van der Waals surface area contributed by atoms with Crippen LogP contribution in [0.15, 0.2) is 72.8 Å². The number of alkyl halides is 5. The van der Waals surface area contributed by atoms with Crippen molar-refractivity contribution in [2.24, 2.45) is 0 Å². The summed E-state index contributed by atoms with van der Waals surface area (Å²) in [5.41, 5.74) is -0.677. The van der Waals surface area contributed by atoms with E-state index in [1.165, 1.54) is 26.0 Å². The molecule has 2 aromatic carbocycles. The van der Waals surface area contributed by atoms with Gasteiger partial charge in [0, 0.05) is 30.6 Å². The summed E-state index contributed by atoms with van der Waals surface area (Å²) in [6.07, 6.45) is 0. The number of halogens is 6. The van der Waals surface area contributed by atoms with Crippen LogP contribution in [0.4, 0.5) is 26.3 Å². The first-order chi connectivity index (χ1) is 16.6. The van der Waals surface area contributed by atoms with Crippen molar-refractivity contribution in [3.8, 4) is 20.9 Å². The summed E-state index contributed by atoms with van der Waals surface area (Å²) in [7, 11) is 0. The summed E-state index contributed by atoms with van der Waals surface area (Å²) in [4.78, 5) is 1.67. The third kappa shape index (κ3) is 4.69. The second kappa shape index (κ2) is 9.66. The van der Waals surface area contributed by atoms with Crippen LogP contribution in [0.25, 0.3) is 32.3 Å². The Kier molecular flexibility index (Phi) is 6.97. The van der Waals surface area contributed by atoms with Crippen LogP contribution in [0.2, 0.25) is 0 Å². The number of hydrogen-bond donors (Lipinski definition) is 0. The monoisotopic (exact) mass is 522 g/mol. The number of rotatable bonds is 7. The second-order valence-electron chi connectivity index (χ2n) is 7.99. The summed E-state index contributed by atoms with van der Waals surface area (Å²) >= 11 is 2.24. The number of thiophene rings is 2. The van der Waals surface area contributed by atoms with Gasteiger partial charge < -0.3 is 0 Å². The van der Waals surface area contributed by atoms with Crippen molar-refractivity contribution in [1.29, 1.82) is 0 Å². The van der Waals surface area contributed by atoms with Crippen LogP contribution < -0.4 is 0 Å². The van der Waals surface area contributed by atoms with Crippen LogP contribution in [-0.2, 0) is 0 Å². The molecule has 0 N–H and O–H groups in total. The first-order valence-electron chi connectivity index (χ1n) is 10.6. The van der Waals surface area contributed by atoms with Crippen LogP contribution in [0.3, 0.4) is 0 Å². The normalized spacial score (nSPS) is 13.1. The van der Waals surface area contributed by atoms with E-state index in [2.05, 4.69) is 0 Å². The molecule has 0 aliphatic rings. The van der Waals surface area contributed by atoms with Gasteiger partial charge in [0.05, 0.1) is 5.57 Å². The fraction of sp³-hybridized carbons (Fsp3) is 0.185. The summed E-state index contributed by atoms with van der Waals surface area (Å²) < 4.78 is 88.1. The lowest BCUT2D eigenvalue weighted by atomic mass is 9.92. The Bertz CT molecular complexity index is 1350. The lowest BCUT2D eigenvalue weighted by Crippen LogP contribution is -2.43. The van der Waals surface area contributed by atoms with E-state index in [0.29, 0.717) is 20.2 Å². The molecule has 35 heavy (non-hydrogen) atoms. The van der Waals surface area contributed by atoms with Crippen molar-refractivity contribution in [2.45, 2.75) is 25.7 Å². The Morgan fingerprint density at radius 3 is 1.60 bits per heavy atom. The van der Waals surface area contributed by atoms with Crippen molar-refractivity contribution in [3.63, 3.8) is 0 Å². The molecule has 4 aromatic rings. The minimum atomic E-state index is -5.09. The van der Waals surface area contributed by atoms with E-state index < -0.39 is 29.9 Å². The fourth-order valence-electron chi connectivity index (χ4n) is 3.75. The van der Waals surface area contributed by atoms with Gasteiger partial charge in [-0.25, -0.2) is 8.78 Å². The summed E-state index contributed by atoms with van der Waals surface area (Å²) in [6, 6.07) is 20.3. The standard InChI is InChI=1S/C27H20F6S2/c1-16-20(13-22(34-16)18-9-5-3-6-10-18)24(27(32,33)26(30,31)15-28)25(29)21-14-23(35-17(21)2)19-11-7-4-8-12-19/h3-14H,15H2,1-2H3. The molecule has 0 nitrogen and oxygen atoms in total. The molecule has 8 heteroatoms. The third-order valence-electron chi connectivity index (χ3n) is 5.62. The summed E-state index contributed by atoms with van der Waals surface area (Å²) in [6.45, 7) is 0.369. The maximum absolute atomic E-state index is 16.0. The third-order valence-corrected chi connectivity index (χ3v) is 7.82. The predicted molar refractivity (Wildman–Crippen MR) is 133 cm³/mol. The molecule has 2 aromatic heterocycles. The average molecular weight is 523 g/mol. The van der Waals surface area contributed by atoms with E-state index in [4.69, 9.17) is 0 Å². The molecule has 2 heterocycles. The molecule has 4 rings (SSSR count). The van der Waals surface area contributed by atoms with Crippen LogP contribution in [0.5, 0.6) is 0 Å². The van der Waals surface area contributed by atoms with Gasteiger partial charge in [-0.3, -0.25) is 0 Å². The smallest absolute Gasteiger partial charge is 0.244 e. The molecular weight excluding hydrogens is 502 g/mol. The molecule has 0 radical (unpaired) electrons. The van der Waals surface area contributed by atoms with Gasteiger partial charge in [0.1, 0.15) is 5.83 Å². The van der Waals surface area contributed by atoms with Gasteiger partial charge in [0.2, 0.25) is 0 Å². The minimum absolute atomic E-state index is 0.218. The maximum atomic E-state index is 16.0. The first-order valence-corrected chi connectivity index (χ1v) is 12.2. The Morgan fingerprint density at radius 2 is 1.14 bits per heavy atom. The molecule has 0 fully saturated rings. The first kappa shape index (κ1) is 25.3. The van der Waals surface area contributed by atoms with Gasteiger partial charge >= 0.3 is 11.8 Å². The molecule has 0 bridgehead atoms. The second-order valence-corrected chi connectivity index (χ2v) is 10.5. The number of aryl methyl sites for hydroxylation is 2. The molecule has 0 amide bonds. The van der Waals surface area contributed by atoms with E-state index >= 15 is 13.2 Å². The minimum Gasteiger partial charge on any atom is -0.244 e. The van der Waals surface area contributed by atoms with Gasteiger partial charge in [0.15, 0.2) is 6.67 Å². The Labute approximate surface area is 207 Å². The van der Waals surface area contributed by atoms with E-state index in [9.17, 15) is 13.2 Å². The summed E-state index contributed by atoms with van der Waals surface area (Å²) in [5.74, 6) is -11.7. The van der Waals surface area contributed by atoms with Gasteiger partial charge in [-0.15, -0.1) is 22.7 Å². The fourth-order valence-corrected chi connectivity index (χ4v) is 5.80.